The summed E-state index contributed by atoms with van der Waals surface area (Å²) in [6.45, 7) is 3.40. The summed E-state index contributed by atoms with van der Waals surface area (Å²) in [5.74, 6) is -0.508. The molecule has 2 saturated carbocycles. The predicted octanol–water partition coefficient (Wildman–Crippen LogP) is 5.30. The topological polar surface area (TPSA) is 35.5 Å². The molecule has 0 radical (unpaired) electrons. The Hall–Kier alpha value is -2.30. The highest BCUT2D eigenvalue weighted by Crippen LogP contribution is 2.58. The molecule has 1 saturated heterocycles. The number of ether oxygens (including phenoxy) is 2. The van der Waals surface area contributed by atoms with Crippen LogP contribution in [0.25, 0.3) is 6.08 Å². The molecule has 156 valence electrons. The van der Waals surface area contributed by atoms with Crippen LogP contribution in [0.5, 0.6) is 0 Å². The number of hydrogen-bond donors (Lipinski definition) is 0. The molecule has 3 atom stereocenters. The molecule has 1 heterocycles. The normalized spacial score (nSPS) is 31.8. The van der Waals surface area contributed by atoms with Crippen LogP contribution < -0.4 is 0 Å². The first-order valence-electron chi connectivity index (χ1n) is 10.9. The molecule has 5 rings (SSSR count). The van der Waals surface area contributed by atoms with E-state index in [1.165, 1.54) is 6.07 Å². The highest BCUT2D eigenvalue weighted by Gasteiger charge is 2.61. The van der Waals surface area contributed by atoms with Gasteiger partial charge in [-0.2, -0.15) is 0 Å². The fourth-order valence-electron chi connectivity index (χ4n) is 6.03. The van der Waals surface area contributed by atoms with Crippen LogP contribution in [0, 0.1) is 17.7 Å². The molecular weight excluding hydrogens is 379 g/mol. The third-order valence-electron chi connectivity index (χ3n) is 7.52. The number of fused-ring (bicyclic) bond motifs is 1. The highest BCUT2D eigenvalue weighted by atomic mass is 19.1. The van der Waals surface area contributed by atoms with Crippen LogP contribution in [-0.4, -0.2) is 24.8 Å². The first-order chi connectivity index (χ1) is 14.6. The Labute approximate surface area is 176 Å². The van der Waals surface area contributed by atoms with Crippen molar-refractivity contribution >= 4 is 11.9 Å². The lowest BCUT2D eigenvalue weighted by Crippen LogP contribution is -2.59. The zero-order valence-corrected chi connectivity index (χ0v) is 17.3. The van der Waals surface area contributed by atoms with Crippen molar-refractivity contribution in [3.63, 3.8) is 0 Å². The van der Waals surface area contributed by atoms with Crippen molar-refractivity contribution in [2.75, 3.05) is 13.2 Å². The average Bonchev–Trinajstić information content (AvgIpc) is 3.25. The summed E-state index contributed by atoms with van der Waals surface area (Å²) < 4.78 is 26.5. The largest absolute Gasteiger partial charge is 0.347 e. The van der Waals surface area contributed by atoms with Gasteiger partial charge in [-0.15, -0.1) is 0 Å². The lowest BCUT2D eigenvalue weighted by Gasteiger charge is -2.55. The molecule has 2 aromatic rings. The molecule has 0 amide bonds. The van der Waals surface area contributed by atoms with Crippen molar-refractivity contribution in [1.82, 2.24) is 0 Å². The molecule has 0 aromatic heterocycles. The second-order valence-electron chi connectivity index (χ2n) is 8.80. The van der Waals surface area contributed by atoms with Crippen LogP contribution in [0.3, 0.4) is 0 Å². The number of rotatable bonds is 2. The number of carbonyl (C=O) groups excluding carboxylic acids is 1. The average molecular weight is 406 g/mol. The minimum atomic E-state index is -0.615. The molecule has 3 nitrogen and oxygen atoms in total. The third kappa shape index (κ3) is 2.89. The Morgan fingerprint density at radius 2 is 1.70 bits per heavy atom. The lowest BCUT2D eigenvalue weighted by atomic mass is 9.50. The summed E-state index contributed by atoms with van der Waals surface area (Å²) in [6, 6.07) is 16.8. The molecule has 1 aliphatic heterocycles. The molecule has 1 spiro atoms. The van der Waals surface area contributed by atoms with Crippen molar-refractivity contribution in [1.29, 1.82) is 0 Å². The summed E-state index contributed by atoms with van der Waals surface area (Å²) in [7, 11) is 0. The molecule has 2 aliphatic carbocycles. The van der Waals surface area contributed by atoms with Crippen molar-refractivity contribution in [2.24, 2.45) is 11.8 Å². The van der Waals surface area contributed by atoms with Crippen molar-refractivity contribution in [3.8, 4) is 0 Å². The number of hydrogen-bond acceptors (Lipinski definition) is 3. The number of benzene rings is 2. The first-order valence-corrected chi connectivity index (χ1v) is 10.9. The van der Waals surface area contributed by atoms with E-state index in [0.29, 0.717) is 38.0 Å². The summed E-state index contributed by atoms with van der Waals surface area (Å²) in [6.07, 6.45) is 4.64. The van der Waals surface area contributed by atoms with E-state index in [1.54, 1.807) is 24.3 Å². The summed E-state index contributed by atoms with van der Waals surface area (Å²) in [5, 5.41) is 0. The van der Waals surface area contributed by atoms with Crippen molar-refractivity contribution < 1.29 is 18.7 Å². The van der Waals surface area contributed by atoms with Gasteiger partial charge in [-0.05, 0) is 48.5 Å². The van der Waals surface area contributed by atoms with E-state index in [2.05, 4.69) is 19.1 Å². The fourth-order valence-corrected chi connectivity index (χ4v) is 6.03. The summed E-state index contributed by atoms with van der Waals surface area (Å²) in [5.41, 5.74) is 1.64. The monoisotopic (exact) mass is 406 g/mol. The van der Waals surface area contributed by atoms with Gasteiger partial charge in [-0.3, -0.25) is 4.79 Å². The van der Waals surface area contributed by atoms with Gasteiger partial charge in [0.1, 0.15) is 5.82 Å². The molecule has 0 N–H and O–H groups in total. The number of allylic oxidation sites excluding steroid dienone is 1. The van der Waals surface area contributed by atoms with Crippen LogP contribution in [0.2, 0.25) is 0 Å². The Balaban J connectivity index is 1.60. The van der Waals surface area contributed by atoms with Crippen LogP contribution in [0.15, 0.2) is 60.2 Å². The maximum absolute atomic E-state index is 14.3. The van der Waals surface area contributed by atoms with E-state index in [1.807, 2.05) is 18.2 Å². The maximum atomic E-state index is 14.3. The SMILES string of the molecule is C[C@@H]1[C@H]2CC/C(=C\c3ccccc3F)C(=O)[C@]2(c2ccccc2)CCC12OCCO2. The van der Waals surface area contributed by atoms with E-state index >= 15 is 0 Å². The second kappa shape index (κ2) is 7.44. The van der Waals surface area contributed by atoms with E-state index in [-0.39, 0.29) is 23.4 Å². The van der Waals surface area contributed by atoms with Crippen LogP contribution in [-0.2, 0) is 19.7 Å². The molecule has 0 unspecified atom stereocenters. The molecule has 30 heavy (non-hydrogen) atoms. The van der Waals surface area contributed by atoms with Gasteiger partial charge in [0.2, 0.25) is 0 Å². The molecule has 3 fully saturated rings. The van der Waals surface area contributed by atoms with E-state index < -0.39 is 11.2 Å². The second-order valence-corrected chi connectivity index (χ2v) is 8.80. The Kier molecular flexibility index (Phi) is 4.87. The quantitative estimate of drug-likeness (QED) is 0.635. The fraction of sp³-hybridized carbons (Fsp3) is 0.423. The van der Waals surface area contributed by atoms with Crippen LogP contribution in [0.4, 0.5) is 4.39 Å². The minimum absolute atomic E-state index is 0.105. The van der Waals surface area contributed by atoms with Gasteiger partial charge in [0, 0.05) is 17.9 Å². The summed E-state index contributed by atoms with van der Waals surface area (Å²) >= 11 is 0. The minimum Gasteiger partial charge on any atom is -0.347 e. The van der Waals surface area contributed by atoms with Gasteiger partial charge in [-0.25, -0.2) is 4.39 Å². The molecular formula is C26H27FO3. The van der Waals surface area contributed by atoms with Crippen molar-refractivity contribution in [2.45, 2.75) is 43.8 Å². The molecule has 0 bridgehead atoms. The number of ketones is 1. The van der Waals surface area contributed by atoms with Crippen molar-refractivity contribution in [3.05, 3.63) is 77.1 Å². The Morgan fingerprint density at radius 3 is 2.43 bits per heavy atom. The van der Waals surface area contributed by atoms with E-state index in [9.17, 15) is 9.18 Å². The highest BCUT2D eigenvalue weighted by molar-refractivity contribution is 6.07. The van der Waals surface area contributed by atoms with E-state index in [0.717, 1.165) is 17.6 Å². The number of Topliss-reactive ketones (excluding diaryl/α,β-unsaturated/α-hetero) is 1. The van der Waals surface area contributed by atoms with Gasteiger partial charge >= 0.3 is 0 Å². The number of halogens is 1. The standard InChI is InChI=1S/C26H27FO3/c1-18-22-12-11-20(17-19-7-5-6-10-23(19)27)24(28)25(22,21-8-3-2-4-9-21)13-14-26(18)29-15-16-30-26/h2-10,17-18,22H,11-16H2,1H3/b20-17+/t18-,22-,25+/m1/s1. The lowest BCUT2D eigenvalue weighted by molar-refractivity contribution is -0.234. The smallest absolute Gasteiger partial charge is 0.171 e. The maximum Gasteiger partial charge on any atom is 0.171 e. The predicted molar refractivity (Wildman–Crippen MR) is 113 cm³/mol. The molecule has 3 aliphatic rings. The van der Waals surface area contributed by atoms with Gasteiger partial charge in [-0.1, -0.05) is 55.5 Å². The van der Waals surface area contributed by atoms with Gasteiger partial charge < -0.3 is 9.47 Å². The Morgan fingerprint density at radius 1 is 1.00 bits per heavy atom. The van der Waals surface area contributed by atoms with Crippen LogP contribution in [0.1, 0.15) is 43.7 Å². The first kappa shape index (κ1) is 19.7. The van der Waals surface area contributed by atoms with E-state index in [4.69, 9.17) is 9.47 Å². The summed E-state index contributed by atoms with van der Waals surface area (Å²) in [4.78, 5) is 14.1. The molecule has 2 aromatic carbocycles. The van der Waals surface area contributed by atoms with Gasteiger partial charge in [0.05, 0.1) is 18.6 Å². The molecule has 4 heteroatoms. The zero-order chi connectivity index (χ0) is 20.8. The zero-order valence-electron chi connectivity index (χ0n) is 17.3. The van der Waals surface area contributed by atoms with Crippen LogP contribution >= 0.6 is 0 Å². The third-order valence-corrected chi connectivity index (χ3v) is 7.52. The Bertz CT molecular complexity index is 977. The van der Waals surface area contributed by atoms with Gasteiger partial charge in [0.25, 0.3) is 0 Å². The number of carbonyl (C=O) groups is 1. The van der Waals surface area contributed by atoms with Gasteiger partial charge in [0.15, 0.2) is 11.6 Å².